The molecule has 3 aliphatic rings. The predicted octanol–water partition coefficient (Wildman–Crippen LogP) is 3.02. The Hall–Kier alpha value is -2.06. The number of anilines is 1. The first kappa shape index (κ1) is 25.0. The molecule has 1 spiro atoms. The number of benzene rings is 1. The van der Waals surface area contributed by atoms with Crippen molar-refractivity contribution in [3.05, 3.63) is 29.3 Å². The molecule has 8 heteroatoms. The van der Waals surface area contributed by atoms with E-state index >= 15 is 0 Å². The molecule has 0 aromatic heterocycles. The fraction of sp³-hybridized carbons (Fsp3) is 0.654. The molecule has 3 aliphatic heterocycles. The number of hydrogen-bond acceptors (Lipinski definition) is 5. The highest BCUT2D eigenvalue weighted by Crippen LogP contribution is 2.71. The van der Waals surface area contributed by atoms with Gasteiger partial charge in [-0.1, -0.05) is 31.0 Å². The summed E-state index contributed by atoms with van der Waals surface area (Å²) in [6, 6.07) is 5.31. The van der Waals surface area contributed by atoms with Gasteiger partial charge < -0.3 is 20.6 Å². The van der Waals surface area contributed by atoms with Crippen molar-refractivity contribution in [1.29, 1.82) is 0 Å². The number of aryl methyl sites for hydroxylation is 2. The number of unbranched alkanes of at least 4 members (excludes halogenated alkanes) is 3. The zero-order chi connectivity index (χ0) is 24.7. The molecule has 0 radical (unpaired) electrons. The quantitative estimate of drug-likeness (QED) is 0.465. The van der Waals surface area contributed by atoms with Gasteiger partial charge in [0.2, 0.25) is 17.7 Å². The lowest BCUT2D eigenvalue weighted by Crippen LogP contribution is -2.52. The van der Waals surface area contributed by atoms with Crippen LogP contribution in [0, 0.1) is 25.7 Å². The highest BCUT2D eigenvalue weighted by atomic mass is 32.2. The van der Waals surface area contributed by atoms with Crippen LogP contribution in [0.15, 0.2) is 18.2 Å². The molecule has 3 amide bonds. The molecule has 34 heavy (non-hydrogen) atoms. The van der Waals surface area contributed by atoms with E-state index in [9.17, 15) is 14.4 Å². The summed E-state index contributed by atoms with van der Waals surface area (Å²) in [5, 5.41) is 15.0. The fourth-order valence-corrected chi connectivity index (χ4v) is 8.83. The van der Waals surface area contributed by atoms with Gasteiger partial charge in [-0.15, -0.1) is 11.8 Å². The number of thioether (sulfide) groups is 1. The lowest BCUT2D eigenvalue weighted by molar-refractivity contribution is -0.140. The summed E-state index contributed by atoms with van der Waals surface area (Å²) in [5.41, 5.74) is 2.77. The molecule has 5 atom stereocenters. The van der Waals surface area contributed by atoms with Crippen LogP contribution in [0.25, 0.3) is 0 Å². The third-order valence-electron chi connectivity index (χ3n) is 8.09. The molecular formula is C26H37N3O4S. The van der Waals surface area contributed by atoms with Crippen LogP contribution >= 0.6 is 11.8 Å². The molecule has 3 heterocycles. The van der Waals surface area contributed by atoms with Crippen LogP contribution < -0.4 is 10.6 Å². The van der Waals surface area contributed by atoms with E-state index in [4.69, 9.17) is 5.11 Å². The summed E-state index contributed by atoms with van der Waals surface area (Å²) in [6.07, 6.45) is 4.86. The molecule has 186 valence electrons. The van der Waals surface area contributed by atoms with Crippen LogP contribution in [0.3, 0.4) is 0 Å². The maximum absolute atomic E-state index is 13.9. The second kappa shape index (κ2) is 9.53. The minimum Gasteiger partial charge on any atom is -0.396 e. The summed E-state index contributed by atoms with van der Waals surface area (Å²) in [7, 11) is 1.62. The smallest absolute Gasteiger partial charge is 0.248 e. The minimum absolute atomic E-state index is 0.0617. The Kier molecular flexibility index (Phi) is 7.02. The number of carbonyl (C=O) groups excluding carboxylic acids is 3. The topological polar surface area (TPSA) is 98.7 Å². The molecular weight excluding hydrogens is 450 g/mol. The highest BCUT2D eigenvalue weighted by Gasteiger charge is 2.76. The third-order valence-corrected chi connectivity index (χ3v) is 10.1. The summed E-state index contributed by atoms with van der Waals surface area (Å²) in [5.74, 6) is -1.24. The maximum Gasteiger partial charge on any atom is 0.248 e. The Bertz CT molecular complexity index is 965. The van der Waals surface area contributed by atoms with Gasteiger partial charge in [-0.2, -0.15) is 0 Å². The highest BCUT2D eigenvalue weighted by molar-refractivity contribution is 8.02. The van der Waals surface area contributed by atoms with E-state index in [1.807, 2.05) is 32.0 Å². The Balaban J connectivity index is 1.68. The molecule has 2 bridgehead atoms. The number of amides is 3. The maximum atomic E-state index is 13.9. The first-order valence-electron chi connectivity index (χ1n) is 12.4. The van der Waals surface area contributed by atoms with Crippen molar-refractivity contribution in [3.8, 4) is 0 Å². The van der Waals surface area contributed by atoms with Crippen molar-refractivity contribution in [2.24, 2.45) is 11.8 Å². The molecule has 3 fully saturated rings. The van der Waals surface area contributed by atoms with Crippen LogP contribution in [-0.2, 0) is 14.4 Å². The van der Waals surface area contributed by atoms with Crippen molar-refractivity contribution < 1.29 is 19.5 Å². The molecule has 4 rings (SSSR count). The van der Waals surface area contributed by atoms with E-state index < -0.39 is 22.6 Å². The molecule has 0 saturated carbocycles. The second-order valence-electron chi connectivity index (χ2n) is 10.3. The van der Waals surface area contributed by atoms with Crippen molar-refractivity contribution in [1.82, 2.24) is 10.2 Å². The summed E-state index contributed by atoms with van der Waals surface area (Å²) in [6.45, 7) is 6.68. The summed E-state index contributed by atoms with van der Waals surface area (Å²) >= 11 is 1.70. The molecule has 3 N–H and O–H groups in total. The monoisotopic (exact) mass is 487 g/mol. The Labute approximate surface area is 206 Å². The van der Waals surface area contributed by atoms with Gasteiger partial charge in [0, 0.05) is 30.6 Å². The van der Waals surface area contributed by atoms with Crippen LogP contribution in [0.1, 0.15) is 56.6 Å². The molecule has 2 unspecified atom stereocenters. The van der Waals surface area contributed by atoms with Crippen molar-refractivity contribution in [2.75, 3.05) is 25.5 Å². The summed E-state index contributed by atoms with van der Waals surface area (Å²) < 4.78 is -0.931. The molecule has 0 aliphatic carbocycles. The zero-order valence-electron chi connectivity index (χ0n) is 20.6. The number of nitrogens with zero attached hydrogens (tertiary/aromatic N) is 1. The molecule has 1 aromatic rings. The van der Waals surface area contributed by atoms with Gasteiger partial charge in [0.05, 0.1) is 16.6 Å². The van der Waals surface area contributed by atoms with Crippen LogP contribution in [0.5, 0.6) is 0 Å². The number of aliphatic hydroxyl groups is 1. The van der Waals surface area contributed by atoms with Gasteiger partial charge in [-0.25, -0.2) is 0 Å². The van der Waals surface area contributed by atoms with Gasteiger partial charge in [0.25, 0.3) is 0 Å². The number of aliphatic hydroxyl groups excluding tert-OH is 1. The number of rotatable bonds is 9. The van der Waals surface area contributed by atoms with E-state index in [-0.39, 0.29) is 29.1 Å². The third kappa shape index (κ3) is 3.92. The zero-order valence-corrected chi connectivity index (χ0v) is 21.5. The number of hydrogen-bond donors (Lipinski definition) is 3. The molecule has 3 saturated heterocycles. The lowest BCUT2D eigenvalue weighted by Gasteiger charge is -2.34. The SMILES string of the molecule is CNC(=O)[C@@H]1[C@H]2C(=O)N(CCCCCCO)C(C(=O)Nc3c(C)cccc3C)C23CC[C@@]1(C)S3. The average molecular weight is 488 g/mol. The van der Waals surface area contributed by atoms with Crippen molar-refractivity contribution in [2.45, 2.75) is 74.8 Å². The second-order valence-corrected chi connectivity index (χ2v) is 12.2. The largest absolute Gasteiger partial charge is 0.396 e. The Morgan fingerprint density at radius 3 is 2.44 bits per heavy atom. The lowest BCUT2D eigenvalue weighted by atomic mass is 9.66. The molecule has 7 nitrogen and oxygen atoms in total. The normalized spacial score (nSPS) is 31.6. The van der Waals surface area contributed by atoms with Gasteiger partial charge in [-0.05, 0) is 57.6 Å². The number of nitrogens with one attached hydrogen (secondary N) is 2. The van der Waals surface area contributed by atoms with Gasteiger partial charge in [0.15, 0.2) is 0 Å². The number of carbonyl (C=O) groups is 3. The van der Waals surface area contributed by atoms with Crippen LogP contribution in [0.4, 0.5) is 5.69 Å². The average Bonchev–Trinajstić information content (AvgIpc) is 3.36. The van der Waals surface area contributed by atoms with Crippen molar-refractivity contribution in [3.63, 3.8) is 0 Å². The van der Waals surface area contributed by atoms with Crippen molar-refractivity contribution >= 4 is 35.2 Å². The van der Waals surface area contributed by atoms with Crippen LogP contribution in [-0.4, -0.2) is 63.5 Å². The predicted molar refractivity (Wildman–Crippen MR) is 135 cm³/mol. The Morgan fingerprint density at radius 1 is 1.12 bits per heavy atom. The summed E-state index contributed by atoms with van der Waals surface area (Å²) in [4.78, 5) is 42.5. The van der Waals surface area contributed by atoms with E-state index in [0.29, 0.717) is 6.54 Å². The van der Waals surface area contributed by atoms with E-state index in [1.165, 1.54) is 0 Å². The number of fused-ring (bicyclic) bond motifs is 1. The van der Waals surface area contributed by atoms with Gasteiger partial charge in [-0.3, -0.25) is 14.4 Å². The van der Waals surface area contributed by atoms with E-state index in [1.54, 1.807) is 23.7 Å². The first-order valence-corrected chi connectivity index (χ1v) is 13.2. The number of para-hydroxylation sites is 1. The first-order chi connectivity index (χ1) is 16.2. The minimum atomic E-state index is -0.608. The van der Waals surface area contributed by atoms with E-state index in [2.05, 4.69) is 17.6 Å². The van der Waals surface area contributed by atoms with Gasteiger partial charge in [0.1, 0.15) is 6.04 Å². The molecule has 1 aromatic carbocycles. The van der Waals surface area contributed by atoms with Gasteiger partial charge >= 0.3 is 0 Å². The van der Waals surface area contributed by atoms with Crippen LogP contribution in [0.2, 0.25) is 0 Å². The Morgan fingerprint density at radius 2 is 1.79 bits per heavy atom. The standard InChI is InChI=1S/C26H37N3O4S/c1-16-10-9-11-17(2)20(16)28-23(32)21-26-13-12-25(3,34-26)18(22(31)27-4)19(26)24(33)29(21)14-7-5-6-8-15-30/h9-11,18-19,21,30H,5-8,12-15H2,1-4H3,(H,27,31)(H,28,32)/t18-,19-,21?,25+,26?/m0/s1. The van der Waals surface area contributed by atoms with E-state index in [0.717, 1.165) is 55.3 Å². The number of likely N-dealkylation sites (tertiary alicyclic amines) is 1. The fourth-order valence-electron chi connectivity index (χ4n) is 6.47.